The first-order valence-corrected chi connectivity index (χ1v) is 43.9. The molecule has 17 nitrogen and oxygen atoms in total. The van der Waals surface area contributed by atoms with Crippen LogP contribution < -0.4 is 0 Å². The van der Waals surface area contributed by atoms with Gasteiger partial charge in [-0.25, -0.2) is 9.13 Å². The van der Waals surface area contributed by atoms with Crippen molar-refractivity contribution in [3.8, 4) is 0 Å². The van der Waals surface area contributed by atoms with Crippen LogP contribution in [0.4, 0.5) is 0 Å². The van der Waals surface area contributed by atoms with E-state index in [0.29, 0.717) is 25.7 Å². The maximum atomic E-state index is 13.1. The molecule has 0 spiro atoms. The molecule has 0 aliphatic heterocycles. The molecule has 7 atom stereocenters. The topological polar surface area (TPSA) is 237 Å². The Morgan fingerprint density at radius 2 is 0.520 bits per heavy atom. The predicted molar refractivity (Wildman–Crippen MR) is 400 cm³/mol. The number of hydrogen-bond donors (Lipinski definition) is 3. The van der Waals surface area contributed by atoms with Crippen molar-refractivity contribution in [2.24, 2.45) is 17.8 Å². The highest BCUT2D eigenvalue weighted by Crippen LogP contribution is 2.45. The second-order valence-corrected chi connectivity index (χ2v) is 32.3. The normalized spacial score (nSPS) is 14.6. The number of hydrogen-bond acceptors (Lipinski definition) is 15. The van der Waals surface area contributed by atoms with Gasteiger partial charge in [0.15, 0.2) is 12.2 Å². The number of aliphatic hydroxyl groups excluding tert-OH is 1. The molecule has 0 aromatic carbocycles. The van der Waals surface area contributed by atoms with E-state index in [1.807, 2.05) is 0 Å². The average molecular weight is 1440 g/mol. The molecule has 0 saturated carbocycles. The molecule has 0 bridgehead atoms. The number of rotatable bonds is 77. The standard InChI is InChI=1S/C79H154O17P2/c1-8-11-12-13-14-15-33-38-46-53-60-76(81)90-67-75(96-79(84)63-56-49-42-41-45-52-59-72(7)10-3)69-94-98(87,88)92-65-73(80)64-91-97(85,86)93-68-74(66-89-77(82)61-54-47-39-34-29-26-22-23-27-31-36-43-50-57-70(4)5)95-78(83)62-55-48-40-35-30-25-21-19-17-16-18-20-24-28-32-37-44-51-58-71(6)9-2/h70-75,80H,8-69H2,1-7H3,(H,85,86)(H,87,88)/t71?,72?,73-,74-,75-/m1/s1. The van der Waals surface area contributed by atoms with Gasteiger partial charge in [-0.3, -0.25) is 37.3 Å². The zero-order valence-electron chi connectivity index (χ0n) is 64.3. The van der Waals surface area contributed by atoms with E-state index in [2.05, 4.69) is 48.5 Å². The van der Waals surface area contributed by atoms with Crippen molar-refractivity contribution in [2.45, 2.75) is 426 Å². The van der Waals surface area contributed by atoms with E-state index in [1.165, 1.54) is 218 Å². The summed E-state index contributed by atoms with van der Waals surface area (Å²) in [5.74, 6) is 0.265. The van der Waals surface area contributed by atoms with E-state index in [1.54, 1.807) is 0 Å². The Hall–Kier alpha value is -1.94. The fourth-order valence-electron chi connectivity index (χ4n) is 12.1. The summed E-state index contributed by atoms with van der Waals surface area (Å²) in [6, 6.07) is 0. The van der Waals surface area contributed by atoms with Crippen LogP contribution >= 0.6 is 15.6 Å². The zero-order chi connectivity index (χ0) is 72.3. The minimum Gasteiger partial charge on any atom is -0.462 e. The van der Waals surface area contributed by atoms with E-state index in [-0.39, 0.29) is 25.7 Å². The third kappa shape index (κ3) is 69.8. The van der Waals surface area contributed by atoms with E-state index >= 15 is 0 Å². The van der Waals surface area contributed by atoms with E-state index in [9.17, 15) is 43.2 Å². The molecular weight excluding hydrogens is 1280 g/mol. The summed E-state index contributed by atoms with van der Waals surface area (Å²) in [4.78, 5) is 72.8. The Morgan fingerprint density at radius 1 is 0.296 bits per heavy atom. The molecule has 3 N–H and O–H groups in total. The molecule has 0 aliphatic carbocycles. The predicted octanol–water partition coefficient (Wildman–Crippen LogP) is 23.4. The number of unbranched alkanes of at least 4 members (excludes halogenated alkanes) is 43. The van der Waals surface area contributed by atoms with Gasteiger partial charge in [0, 0.05) is 25.7 Å². The molecule has 0 heterocycles. The largest absolute Gasteiger partial charge is 0.472 e. The van der Waals surface area contributed by atoms with Crippen LogP contribution in [0, 0.1) is 17.8 Å². The zero-order valence-corrected chi connectivity index (χ0v) is 66.0. The number of ether oxygens (including phenoxy) is 4. The van der Waals surface area contributed by atoms with Gasteiger partial charge in [0.1, 0.15) is 19.3 Å². The molecule has 0 radical (unpaired) electrons. The van der Waals surface area contributed by atoms with Gasteiger partial charge >= 0.3 is 39.5 Å². The van der Waals surface area contributed by atoms with Gasteiger partial charge in [-0.2, -0.15) is 0 Å². The van der Waals surface area contributed by atoms with Crippen LogP contribution in [-0.4, -0.2) is 96.7 Å². The first-order chi connectivity index (χ1) is 47.3. The van der Waals surface area contributed by atoms with Gasteiger partial charge in [-0.15, -0.1) is 0 Å². The average Bonchev–Trinajstić information content (AvgIpc) is 1.06. The van der Waals surface area contributed by atoms with Crippen molar-refractivity contribution < 1.29 is 80.2 Å². The Kier molecular flexibility index (Phi) is 68.1. The molecule has 98 heavy (non-hydrogen) atoms. The van der Waals surface area contributed by atoms with Crippen LogP contribution in [0.3, 0.4) is 0 Å². The molecule has 0 aromatic rings. The molecular formula is C79H154O17P2. The summed E-state index contributed by atoms with van der Waals surface area (Å²) >= 11 is 0. The van der Waals surface area contributed by atoms with Crippen molar-refractivity contribution in [3.05, 3.63) is 0 Å². The van der Waals surface area contributed by atoms with Crippen LogP contribution in [0.1, 0.15) is 408 Å². The van der Waals surface area contributed by atoms with Gasteiger partial charge < -0.3 is 33.8 Å². The van der Waals surface area contributed by atoms with Gasteiger partial charge in [-0.05, 0) is 43.4 Å². The smallest absolute Gasteiger partial charge is 0.462 e. The fraction of sp³-hybridized carbons (Fsp3) is 0.949. The van der Waals surface area contributed by atoms with Crippen molar-refractivity contribution >= 4 is 39.5 Å². The van der Waals surface area contributed by atoms with Crippen molar-refractivity contribution in [2.75, 3.05) is 39.6 Å². The summed E-state index contributed by atoms with van der Waals surface area (Å²) in [6.45, 7) is 11.9. The summed E-state index contributed by atoms with van der Waals surface area (Å²) in [5, 5.41) is 10.6. The van der Waals surface area contributed by atoms with Gasteiger partial charge in [0.2, 0.25) is 0 Å². The Balaban J connectivity index is 5.19. The van der Waals surface area contributed by atoms with Crippen LogP contribution in [0.25, 0.3) is 0 Å². The van der Waals surface area contributed by atoms with Crippen LogP contribution in [0.2, 0.25) is 0 Å². The number of carbonyl (C=O) groups is 4. The highest BCUT2D eigenvalue weighted by molar-refractivity contribution is 7.47. The lowest BCUT2D eigenvalue weighted by Gasteiger charge is -2.21. The van der Waals surface area contributed by atoms with Crippen LogP contribution in [-0.2, 0) is 65.4 Å². The van der Waals surface area contributed by atoms with Crippen LogP contribution in [0.5, 0.6) is 0 Å². The first kappa shape index (κ1) is 96.1. The maximum absolute atomic E-state index is 13.1. The SMILES string of the molecule is CCCCCCCCCCCCC(=O)OC[C@H](COP(=O)(O)OC[C@H](O)COP(=O)(O)OC[C@@H](COC(=O)CCCCCCCCCCCCCCCC(C)C)OC(=O)CCCCCCCCCCCCCCCCCCCCC(C)CC)OC(=O)CCCCCCCCC(C)CC. The fourth-order valence-corrected chi connectivity index (χ4v) is 13.6. The third-order valence-corrected chi connectivity index (χ3v) is 21.0. The number of phosphoric acid groups is 2. The second-order valence-electron chi connectivity index (χ2n) is 29.4. The van der Waals surface area contributed by atoms with Gasteiger partial charge in [-0.1, -0.05) is 357 Å². The van der Waals surface area contributed by atoms with Crippen molar-refractivity contribution in [1.29, 1.82) is 0 Å². The van der Waals surface area contributed by atoms with E-state index < -0.39 is 97.5 Å². The lowest BCUT2D eigenvalue weighted by atomic mass is 9.99. The lowest BCUT2D eigenvalue weighted by Crippen LogP contribution is -2.30. The maximum Gasteiger partial charge on any atom is 0.472 e. The monoisotopic (exact) mass is 1440 g/mol. The molecule has 0 fully saturated rings. The summed E-state index contributed by atoms with van der Waals surface area (Å²) in [5.41, 5.74) is 0. The summed E-state index contributed by atoms with van der Waals surface area (Å²) in [7, 11) is -9.91. The molecule has 19 heteroatoms. The minimum atomic E-state index is -4.96. The molecule has 0 rings (SSSR count). The number of aliphatic hydroxyl groups is 1. The second kappa shape index (κ2) is 69.4. The number of esters is 4. The summed E-state index contributed by atoms with van der Waals surface area (Å²) < 4.78 is 68.6. The Bertz CT molecular complexity index is 1910. The number of carbonyl (C=O) groups excluding carboxylic acids is 4. The minimum absolute atomic E-state index is 0.103. The van der Waals surface area contributed by atoms with Crippen LogP contribution in [0.15, 0.2) is 0 Å². The Labute approximate surface area is 600 Å². The van der Waals surface area contributed by atoms with Gasteiger partial charge in [0.25, 0.3) is 0 Å². The molecule has 0 aliphatic rings. The highest BCUT2D eigenvalue weighted by atomic mass is 31.2. The quantitative estimate of drug-likeness (QED) is 0.0222. The Morgan fingerprint density at radius 3 is 0.776 bits per heavy atom. The molecule has 0 aromatic heterocycles. The molecule has 582 valence electrons. The lowest BCUT2D eigenvalue weighted by molar-refractivity contribution is -0.161. The first-order valence-electron chi connectivity index (χ1n) is 40.9. The molecule has 0 amide bonds. The third-order valence-electron chi connectivity index (χ3n) is 19.1. The van der Waals surface area contributed by atoms with Crippen molar-refractivity contribution in [3.63, 3.8) is 0 Å². The number of phosphoric ester groups is 2. The van der Waals surface area contributed by atoms with Gasteiger partial charge in [0.05, 0.1) is 26.4 Å². The van der Waals surface area contributed by atoms with Crippen molar-refractivity contribution in [1.82, 2.24) is 0 Å². The molecule has 4 unspecified atom stereocenters. The summed E-state index contributed by atoms with van der Waals surface area (Å²) in [6.07, 6.45) is 57.0. The van der Waals surface area contributed by atoms with E-state index in [4.69, 9.17) is 37.0 Å². The molecule has 0 saturated heterocycles. The highest BCUT2D eigenvalue weighted by Gasteiger charge is 2.30. The van der Waals surface area contributed by atoms with E-state index in [0.717, 1.165) is 108 Å².